The Morgan fingerprint density at radius 2 is 2.15 bits per heavy atom. The molecule has 1 aromatic rings. The van der Waals surface area contributed by atoms with E-state index in [9.17, 15) is 0 Å². The van der Waals surface area contributed by atoms with Gasteiger partial charge < -0.3 is 0 Å². The first-order valence-electron chi connectivity index (χ1n) is 4.98. The van der Waals surface area contributed by atoms with Crippen LogP contribution in [0.2, 0.25) is 5.15 Å². The van der Waals surface area contributed by atoms with E-state index in [4.69, 9.17) is 11.6 Å². The van der Waals surface area contributed by atoms with Gasteiger partial charge in [0, 0.05) is 5.69 Å². The van der Waals surface area contributed by atoms with Gasteiger partial charge in [-0.15, -0.1) is 0 Å². The first-order valence-corrected chi connectivity index (χ1v) is 5.36. The molecule has 70 valence electrons. The first-order chi connectivity index (χ1) is 6.31. The summed E-state index contributed by atoms with van der Waals surface area (Å²) in [5.41, 5.74) is 4.11. The van der Waals surface area contributed by atoms with E-state index in [-0.39, 0.29) is 0 Å². The molecule has 0 unspecified atom stereocenters. The molecule has 1 aliphatic rings. The molecule has 2 heteroatoms. The molecule has 0 N–H and O–H groups in total. The van der Waals surface area contributed by atoms with E-state index >= 15 is 0 Å². The fraction of sp³-hybridized carbons (Fsp3) is 0.545. The highest BCUT2D eigenvalue weighted by molar-refractivity contribution is 6.29. The zero-order chi connectivity index (χ0) is 9.26. The molecule has 1 nitrogen and oxygen atoms in total. The Morgan fingerprint density at radius 3 is 2.92 bits per heavy atom. The van der Waals surface area contributed by atoms with E-state index in [0.29, 0.717) is 5.15 Å². The summed E-state index contributed by atoms with van der Waals surface area (Å²) >= 11 is 5.95. The summed E-state index contributed by atoms with van der Waals surface area (Å²) in [6.45, 7) is 2.18. The van der Waals surface area contributed by atoms with Gasteiger partial charge in [-0.2, -0.15) is 0 Å². The number of nitrogens with zero attached hydrogens (tertiary/aromatic N) is 1. The third kappa shape index (κ3) is 1.71. The van der Waals surface area contributed by atoms with Crippen molar-refractivity contribution >= 4 is 11.6 Å². The SMILES string of the molecule is CCc1cc(Cl)nc2c1CCCC2. The Bertz CT molecular complexity index is 303. The summed E-state index contributed by atoms with van der Waals surface area (Å²) in [5.74, 6) is 0. The average molecular weight is 196 g/mol. The second-order valence-corrected chi connectivity index (χ2v) is 3.98. The quantitative estimate of drug-likeness (QED) is 0.628. The van der Waals surface area contributed by atoms with Gasteiger partial charge in [0.25, 0.3) is 0 Å². The summed E-state index contributed by atoms with van der Waals surface area (Å²) in [5, 5.41) is 0.664. The fourth-order valence-electron chi connectivity index (χ4n) is 2.07. The summed E-state index contributed by atoms with van der Waals surface area (Å²) in [6.07, 6.45) is 5.96. The molecule has 1 aromatic heterocycles. The summed E-state index contributed by atoms with van der Waals surface area (Å²) in [6, 6.07) is 2.02. The van der Waals surface area contributed by atoms with Crippen LogP contribution in [0.15, 0.2) is 6.07 Å². The lowest BCUT2D eigenvalue weighted by molar-refractivity contribution is 0.661. The van der Waals surface area contributed by atoms with Crippen molar-refractivity contribution in [2.45, 2.75) is 39.0 Å². The minimum atomic E-state index is 0.664. The van der Waals surface area contributed by atoms with Crippen molar-refractivity contribution in [2.24, 2.45) is 0 Å². The fourth-order valence-corrected chi connectivity index (χ4v) is 2.30. The van der Waals surface area contributed by atoms with Gasteiger partial charge in [-0.3, -0.25) is 0 Å². The number of hydrogen-bond acceptors (Lipinski definition) is 1. The number of hydrogen-bond donors (Lipinski definition) is 0. The van der Waals surface area contributed by atoms with Crippen LogP contribution < -0.4 is 0 Å². The molecule has 0 saturated carbocycles. The number of pyridine rings is 1. The molecular weight excluding hydrogens is 182 g/mol. The van der Waals surface area contributed by atoms with Gasteiger partial charge >= 0.3 is 0 Å². The Hall–Kier alpha value is -0.560. The Morgan fingerprint density at radius 1 is 1.38 bits per heavy atom. The third-order valence-electron chi connectivity index (χ3n) is 2.74. The lowest BCUT2D eigenvalue weighted by Gasteiger charge is -2.18. The van der Waals surface area contributed by atoms with Gasteiger partial charge in [-0.25, -0.2) is 4.98 Å². The Kier molecular flexibility index (Phi) is 2.54. The van der Waals surface area contributed by atoms with Crippen molar-refractivity contribution in [3.63, 3.8) is 0 Å². The molecule has 0 saturated heterocycles. The van der Waals surface area contributed by atoms with Crippen molar-refractivity contribution in [1.29, 1.82) is 0 Å². The maximum Gasteiger partial charge on any atom is 0.129 e. The Labute approximate surface area is 84.1 Å². The zero-order valence-corrected chi connectivity index (χ0v) is 8.69. The number of rotatable bonds is 1. The molecule has 0 fully saturated rings. The summed E-state index contributed by atoms with van der Waals surface area (Å²) in [7, 11) is 0. The van der Waals surface area contributed by atoms with Crippen LogP contribution in [-0.2, 0) is 19.3 Å². The van der Waals surface area contributed by atoms with E-state index in [1.54, 1.807) is 0 Å². The topological polar surface area (TPSA) is 12.9 Å². The third-order valence-corrected chi connectivity index (χ3v) is 2.94. The van der Waals surface area contributed by atoms with Crippen LogP contribution in [0.4, 0.5) is 0 Å². The highest BCUT2D eigenvalue weighted by Gasteiger charge is 2.14. The molecule has 0 atom stereocenters. The van der Waals surface area contributed by atoms with E-state index in [2.05, 4.69) is 11.9 Å². The van der Waals surface area contributed by atoms with Crippen LogP contribution in [0.1, 0.15) is 36.6 Å². The van der Waals surface area contributed by atoms with Crippen molar-refractivity contribution < 1.29 is 0 Å². The summed E-state index contributed by atoms with van der Waals surface area (Å²) in [4.78, 5) is 4.39. The second kappa shape index (κ2) is 3.67. The molecule has 0 bridgehead atoms. The van der Waals surface area contributed by atoms with Crippen LogP contribution in [-0.4, -0.2) is 4.98 Å². The molecule has 13 heavy (non-hydrogen) atoms. The predicted octanol–water partition coefficient (Wildman–Crippen LogP) is 3.18. The minimum absolute atomic E-state index is 0.664. The van der Waals surface area contributed by atoms with E-state index in [1.807, 2.05) is 6.07 Å². The van der Waals surface area contributed by atoms with Crippen molar-refractivity contribution in [3.05, 3.63) is 28.0 Å². The van der Waals surface area contributed by atoms with Gasteiger partial charge in [-0.05, 0) is 49.3 Å². The lowest BCUT2D eigenvalue weighted by atomic mass is 9.91. The van der Waals surface area contributed by atoms with Crippen LogP contribution in [0, 0.1) is 0 Å². The minimum Gasteiger partial charge on any atom is -0.241 e. The molecule has 2 rings (SSSR count). The largest absolute Gasteiger partial charge is 0.241 e. The second-order valence-electron chi connectivity index (χ2n) is 3.59. The van der Waals surface area contributed by atoms with Crippen LogP contribution in [0.3, 0.4) is 0 Å². The number of fused-ring (bicyclic) bond motifs is 1. The van der Waals surface area contributed by atoms with Crippen LogP contribution in [0.25, 0.3) is 0 Å². The molecule has 0 radical (unpaired) electrons. The highest BCUT2D eigenvalue weighted by Crippen LogP contribution is 2.25. The molecule has 0 aromatic carbocycles. The first kappa shape index (κ1) is 9.01. The standard InChI is InChI=1S/C11H14ClN/c1-2-8-7-11(12)13-10-6-4-3-5-9(8)10/h7H,2-6H2,1H3. The number of aryl methyl sites for hydroxylation is 2. The van der Waals surface area contributed by atoms with Crippen molar-refractivity contribution in [3.8, 4) is 0 Å². The molecular formula is C11H14ClN. The maximum absolute atomic E-state index is 5.95. The lowest BCUT2D eigenvalue weighted by Crippen LogP contribution is -2.08. The van der Waals surface area contributed by atoms with Gasteiger partial charge in [0.2, 0.25) is 0 Å². The molecule has 1 heterocycles. The molecule has 0 aliphatic heterocycles. The zero-order valence-electron chi connectivity index (χ0n) is 7.94. The molecule has 0 amide bonds. The Balaban J connectivity index is 2.50. The normalized spacial score (nSPS) is 15.5. The van der Waals surface area contributed by atoms with E-state index < -0.39 is 0 Å². The highest BCUT2D eigenvalue weighted by atomic mass is 35.5. The van der Waals surface area contributed by atoms with E-state index in [0.717, 1.165) is 12.8 Å². The monoisotopic (exact) mass is 195 g/mol. The van der Waals surface area contributed by atoms with Gasteiger partial charge in [-0.1, -0.05) is 18.5 Å². The maximum atomic E-state index is 5.95. The number of halogens is 1. The average Bonchev–Trinajstić information content (AvgIpc) is 2.16. The number of aromatic nitrogens is 1. The predicted molar refractivity (Wildman–Crippen MR) is 55.3 cm³/mol. The van der Waals surface area contributed by atoms with Crippen molar-refractivity contribution in [2.75, 3.05) is 0 Å². The van der Waals surface area contributed by atoms with Gasteiger partial charge in [0.15, 0.2) is 0 Å². The van der Waals surface area contributed by atoms with E-state index in [1.165, 1.54) is 36.1 Å². The van der Waals surface area contributed by atoms with Gasteiger partial charge in [0.1, 0.15) is 5.15 Å². The molecule has 1 aliphatic carbocycles. The molecule has 0 spiro atoms. The van der Waals surface area contributed by atoms with Gasteiger partial charge in [0.05, 0.1) is 0 Å². The van der Waals surface area contributed by atoms with Crippen LogP contribution >= 0.6 is 11.6 Å². The smallest absolute Gasteiger partial charge is 0.129 e. The van der Waals surface area contributed by atoms with Crippen LogP contribution in [0.5, 0.6) is 0 Å². The van der Waals surface area contributed by atoms with Crippen molar-refractivity contribution in [1.82, 2.24) is 4.98 Å². The summed E-state index contributed by atoms with van der Waals surface area (Å²) < 4.78 is 0.